The number of nitrogens with zero attached hydrogens (tertiary/aromatic N) is 2. The Labute approximate surface area is 111 Å². The third-order valence-corrected chi connectivity index (χ3v) is 3.90. The van der Waals surface area contributed by atoms with Crippen LogP contribution in [0.2, 0.25) is 0 Å². The van der Waals surface area contributed by atoms with Crippen LogP contribution in [0.15, 0.2) is 18.3 Å². The first-order chi connectivity index (χ1) is 9.18. The standard InChI is InChI=1S/C13H16N4O2/c14-9-4-1-5-15-11(9)13(19)17-6-2-3-8-10(17)7-16-12(8)18/h1,4-5,8,10H,2-3,6-7,14H2,(H,16,18). The van der Waals surface area contributed by atoms with Crippen LogP contribution in [0.1, 0.15) is 23.3 Å². The van der Waals surface area contributed by atoms with Crippen LogP contribution in [0.4, 0.5) is 5.69 Å². The predicted octanol–water partition coefficient (Wildman–Crippen LogP) is 0.0144. The van der Waals surface area contributed by atoms with Crippen LogP contribution in [0.5, 0.6) is 0 Å². The van der Waals surface area contributed by atoms with E-state index in [9.17, 15) is 9.59 Å². The molecule has 1 aromatic rings. The summed E-state index contributed by atoms with van der Waals surface area (Å²) in [4.78, 5) is 30.0. The molecule has 3 heterocycles. The topological polar surface area (TPSA) is 88.3 Å². The quantitative estimate of drug-likeness (QED) is 0.744. The Hall–Kier alpha value is -2.11. The minimum Gasteiger partial charge on any atom is -0.397 e. The van der Waals surface area contributed by atoms with Gasteiger partial charge in [-0.15, -0.1) is 0 Å². The molecule has 100 valence electrons. The number of nitrogens with two attached hydrogens (primary N) is 1. The summed E-state index contributed by atoms with van der Waals surface area (Å²) >= 11 is 0. The van der Waals surface area contributed by atoms with Crippen molar-refractivity contribution in [1.29, 1.82) is 0 Å². The van der Waals surface area contributed by atoms with Crippen molar-refractivity contribution in [3.8, 4) is 0 Å². The molecule has 2 aliphatic heterocycles. The number of fused-ring (bicyclic) bond motifs is 1. The number of rotatable bonds is 1. The number of pyridine rings is 1. The molecule has 6 heteroatoms. The first kappa shape index (κ1) is 12.0. The molecule has 2 saturated heterocycles. The molecule has 0 saturated carbocycles. The predicted molar refractivity (Wildman–Crippen MR) is 69.2 cm³/mol. The normalized spacial score (nSPS) is 25.9. The van der Waals surface area contributed by atoms with E-state index in [2.05, 4.69) is 10.3 Å². The number of anilines is 1. The number of likely N-dealkylation sites (tertiary alicyclic amines) is 1. The second kappa shape index (κ2) is 4.53. The van der Waals surface area contributed by atoms with Gasteiger partial charge in [0, 0.05) is 19.3 Å². The Kier molecular flexibility index (Phi) is 2.85. The van der Waals surface area contributed by atoms with Crippen LogP contribution >= 0.6 is 0 Å². The second-order valence-corrected chi connectivity index (χ2v) is 5.00. The number of carbonyl (C=O) groups is 2. The van der Waals surface area contributed by atoms with Crippen molar-refractivity contribution in [3.63, 3.8) is 0 Å². The number of hydrogen-bond acceptors (Lipinski definition) is 4. The molecule has 2 atom stereocenters. The highest BCUT2D eigenvalue weighted by atomic mass is 16.2. The molecule has 3 rings (SSSR count). The van der Waals surface area contributed by atoms with Crippen LogP contribution in [-0.2, 0) is 4.79 Å². The average molecular weight is 260 g/mol. The Morgan fingerprint density at radius 3 is 3.16 bits per heavy atom. The van der Waals surface area contributed by atoms with Gasteiger partial charge in [0.1, 0.15) is 0 Å². The van der Waals surface area contributed by atoms with E-state index < -0.39 is 0 Å². The number of aromatic nitrogens is 1. The van der Waals surface area contributed by atoms with Gasteiger partial charge in [-0.25, -0.2) is 4.98 Å². The van der Waals surface area contributed by atoms with Gasteiger partial charge in [0.15, 0.2) is 5.69 Å². The fourth-order valence-electron chi connectivity index (χ4n) is 2.94. The van der Waals surface area contributed by atoms with Gasteiger partial charge >= 0.3 is 0 Å². The summed E-state index contributed by atoms with van der Waals surface area (Å²) in [6.45, 7) is 1.19. The van der Waals surface area contributed by atoms with Gasteiger partial charge < -0.3 is 16.0 Å². The van der Waals surface area contributed by atoms with Gasteiger partial charge in [0.25, 0.3) is 5.91 Å². The lowest BCUT2D eigenvalue weighted by Gasteiger charge is -2.35. The fourth-order valence-corrected chi connectivity index (χ4v) is 2.94. The SMILES string of the molecule is Nc1cccnc1C(=O)N1CCCC2C(=O)NCC21. The Bertz CT molecular complexity index is 531. The van der Waals surface area contributed by atoms with Crippen LogP contribution < -0.4 is 11.1 Å². The lowest BCUT2D eigenvalue weighted by Crippen LogP contribution is -2.49. The summed E-state index contributed by atoms with van der Waals surface area (Å²) in [5.74, 6) is -0.205. The van der Waals surface area contributed by atoms with E-state index in [4.69, 9.17) is 5.73 Å². The molecule has 0 aromatic carbocycles. The number of piperidine rings is 1. The Morgan fingerprint density at radius 1 is 1.53 bits per heavy atom. The molecule has 0 aliphatic carbocycles. The summed E-state index contributed by atoms with van der Waals surface area (Å²) in [6, 6.07) is 3.31. The smallest absolute Gasteiger partial charge is 0.274 e. The molecule has 2 amide bonds. The van der Waals surface area contributed by atoms with Gasteiger partial charge in [-0.2, -0.15) is 0 Å². The molecular weight excluding hydrogens is 244 g/mol. The van der Waals surface area contributed by atoms with E-state index in [0.29, 0.717) is 18.8 Å². The fraction of sp³-hybridized carbons (Fsp3) is 0.462. The van der Waals surface area contributed by atoms with Crippen molar-refractivity contribution < 1.29 is 9.59 Å². The van der Waals surface area contributed by atoms with E-state index in [1.54, 1.807) is 23.2 Å². The molecule has 1 aromatic heterocycles. The lowest BCUT2D eigenvalue weighted by atomic mass is 9.91. The van der Waals surface area contributed by atoms with Crippen molar-refractivity contribution >= 4 is 17.5 Å². The summed E-state index contributed by atoms with van der Waals surface area (Å²) in [7, 11) is 0. The van der Waals surface area contributed by atoms with E-state index in [1.807, 2.05) is 0 Å². The third kappa shape index (κ3) is 1.93. The zero-order chi connectivity index (χ0) is 13.4. The number of carbonyl (C=O) groups excluding carboxylic acids is 2. The van der Waals surface area contributed by atoms with Crippen LogP contribution in [0, 0.1) is 5.92 Å². The molecule has 0 spiro atoms. The van der Waals surface area contributed by atoms with Crippen molar-refractivity contribution in [2.75, 3.05) is 18.8 Å². The number of nitrogens with one attached hydrogen (secondary N) is 1. The van der Waals surface area contributed by atoms with E-state index >= 15 is 0 Å². The van der Waals surface area contributed by atoms with Crippen molar-refractivity contribution in [1.82, 2.24) is 15.2 Å². The molecular formula is C13H16N4O2. The van der Waals surface area contributed by atoms with Crippen molar-refractivity contribution in [3.05, 3.63) is 24.0 Å². The number of hydrogen-bond donors (Lipinski definition) is 2. The Balaban J connectivity index is 1.87. The molecule has 3 N–H and O–H groups in total. The highest BCUT2D eigenvalue weighted by Crippen LogP contribution is 2.28. The van der Waals surface area contributed by atoms with Crippen LogP contribution in [-0.4, -0.2) is 40.8 Å². The lowest BCUT2D eigenvalue weighted by molar-refractivity contribution is -0.123. The van der Waals surface area contributed by atoms with Crippen molar-refractivity contribution in [2.24, 2.45) is 5.92 Å². The maximum absolute atomic E-state index is 12.5. The maximum Gasteiger partial charge on any atom is 0.274 e. The minimum atomic E-state index is -0.177. The highest BCUT2D eigenvalue weighted by molar-refractivity contribution is 5.98. The summed E-state index contributed by atoms with van der Waals surface area (Å²) in [5.41, 5.74) is 6.46. The first-order valence-corrected chi connectivity index (χ1v) is 6.47. The maximum atomic E-state index is 12.5. The third-order valence-electron chi connectivity index (χ3n) is 3.90. The van der Waals surface area contributed by atoms with Gasteiger partial charge in [-0.3, -0.25) is 9.59 Å². The van der Waals surface area contributed by atoms with Crippen LogP contribution in [0.3, 0.4) is 0 Å². The summed E-state index contributed by atoms with van der Waals surface area (Å²) in [6.07, 6.45) is 3.24. The average Bonchev–Trinajstić information content (AvgIpc) is 2.80. The summed E-state index contributed by atoms with van der Waals surface area (Å²) < 4.78 is 0. The molecule has 19 heavy (non-hydrogen) atoms. The monoisotopic (exact) mass is 260 g/mol. The van der Waals surface area contributed by atoms with E-state index in [1.165, 1.54) is 0 Å². The molecule has 2 unspecified atom stereocenters. The zero-order valence-electron chi connectivity index (χ0n) is 10.5. The highest BCUT2D eigenvalue weighted by Gasteiger charge is 2.43. The molecule has 6 nitrogen and oxygen atoms in total. The first-order valence-electron chi connectivity index (χ1n) is 6.47. The largest absolute Gasteiger partial charge is 0.397 e. The Morgan fingerprint density at radius 2 is 2.37 bits per heavy atom. The molecule has 0 bridgehead atoms. The van der Waals surface area contributed by atoms with Gasteiger partial charge in [0.05, 0.1) is 17.6 Å². The summed E-state index contributed by atoms with van der Waals surface area (Å²) in [5, 5.41) is 2.83. The molecule has 2 fully saturated rings. The molecule has 0 radical (unpaired) electrons. The van der Waals surface area contributed by atoms with Gasteiger partial charge in [-0.05, 0) is 25.0 Å². The number of amides is 2. The van der Waals surface area contributed by atoms with Crippen LogP contribution in [0.25, 0.3) is 0 Å². The van der Waals surface area contributed by atoms with Crippen molar-refractivity contribution in [2.45, 2.75) is 18.9 Å². The molecule has 2 aliphatic rings. The van der Waals surface area contributed by atoms with E-state index in [0.717, 1.165) is 12.8 Å². The zero-order valence-corrected chi connectivity index (χ0v) is 10.5. The van der Waals surface area contributed by atoms with E-state index in [-0.39, 0.29) is 29.5 Å². The second-order valence-electron chi connectivity index (χ2n) is 5.00. The van der Waals surface area contributed by atoms with Gasteiger partial charge in [-0.1, -0.05) is 0 Å². The number of nitrogen functional groups attached to an aromatic ring is 1. The van der Waals surface area contributed by atoms with Gasteiger partial charge in [0.2, 0.25) is 5.91 Å². The minimum absolute atomic E-state index is 0.0523.